The van der Waals surface area contributed by atoms with Crippen LogP contribution in [0.2, 0.25) is 0 Å². The van der Waals surface area contributed by atoms with Gasteiger partial charge in [-0.05, 0) is 36.5 Å². The van der Waals surface area contributed by atoms with E-state index in [0.717, 1.165) is 0 Å². The fourth-order valence-electron chi connectivity index (χ4n) is 1.56. The molecule has 2 rings (SSSR count). The van der Waals surface area contributed by atoms with E-state index in [1.807, 2.05) is 6.92 Å². The molecule has 1 N–H and O–H groups in total. The Morgan fingerprint density at radius 1 is 1.44 bits per heavy atom. The van der Waals surface area contributed by atoms with Crippen LogP contribution in [0.15, 0.2) is 24.3 Å². The van der Waals surface area contributed by atoms with Crippen molar-refractivity contribution in [1.82, 2.24) is 5.32 Å². The standard InChI is InChI=1S/C11H11FN2OS/c1-7-6-13-11(16)14(10(7)15)9-4-2-8(12)3-5-9/h2-5,7H,6H2,1H3,(H,13,16)/t7-/m1/s1. The summed E-state index contributed by atoms with van der Waals surface area (Å²) in [5.41, 5.74) is 0.593. The Morgan fingerprint density at radius 3 is 2.69 bits per heavy atom. The third-order valence-electron chi connectivity index (χ3n) is 2.49. The van der Waals surface area contributed by atoms with Gasteiger partial charge in [-0.3, -0.25) is 9.69 Å². The van der Waals surface area contributed by atoms with Gasteiger partial charge in [-0.15, -0.1) is 0 Å². The number of amides is 1. The zero-order valence-electron chi connectivity index (χ0n) is 8.74. The van der Waals surface area contributed by atoms with E-state index in [2.05, 4.69) is 5.32 Å². The molecule has 1 aromatic rings. The monoisotopic (exact) mass is 238 g/mol. The summed E-state index contributed by atoms with van der Waals surface area (Å²) in [7, 11) is 0. The molecule has 3 nitrogen and oxygen atoms in total. The second kappa shape index (κ2) is 4.17. The first-order chi connectivity index (χ1) is 7.59. The molecule has 0 unspecified atom stereocenters. The van der Waals surface area contributed by atoms with E-state index >= 15 is 0 Å². The number of nitrogens with one attached hydrogen (secondary N) is 1. The quantitative estimate of drug-likeness (QED) is 0.756. The van der Waals surface area contributed by atoms with Crippen molar-refractivity contribution in [2.24, 2.45) is 5.92 Å². The number of thiocarbonyl (C=S) groups is 1. The van der Waals surface area contributed by atoms with Crippen molar-refractivity contribution in [3.05, 3.63) is 30.1 Å². The number of benzene rings is 1. The SMILES string of the molecule is C[C@@H]1CNC(=S)N(c2ccc(F)cc2)C1=O. The molecule has 1 aromatic carbocycles. The van der Waals surface area contributed by atoms with Crippen LogP contribution in [0, 0.1) is 11.7 Å². The molecule has 1 atom stereocenters. The van der Waals surface area contributed by atoms with Crippen molar-refractivity contribution in [1.29, 1.82) is 0 Å². The van der Waals surface area contributed by atoms with Crippen LogP contribution in [0.5, 0.6) is 0 Å². The average Bonchev–Trinajstić information content (AvgIpc) is 2.27. The van der Waals surface area contributed by atoms with E-state index in [0.29, 0.717) is 17.3 Å². The van der Waals surface area contributed by atoms with Crippen molar-refractivity contribution in [2.45, 2.75) is 6.92 Å². The third kappa shape index (κ3) is 1.90. The lowest BCUT2D eigenvalue weighted by Gasteiger charge is -2.32. The van der Waals surface area contributed by atoms with Crippen LogP contribution in [-0.4, -0.2) is 17.6 Å². The van der Waals surface area contributed by atoms with Gasteiger partial charge in [-0.25, -0.2) is 4.39 Å². The molecule has 16 heavy (non-hydrogen) atoms. The van der Waals surface area contributed by atoms with Gasteiger partial charge in [-0.1, -0.05) is 6.92 Å². The number of hydrogen-bond donors (Lipinski definition) is 1. The lowest BCUT2D eigenvalue weighted by molar-refractivity contribution is -0.121. The normalized spacial score (nSPS) is 20.9. The van der Waals surface area contributed by atoms with Gasteiger partial charge in [0.25, 0.3) is 0 Å². The minimum atomic E-state index is -0.333. The van der Waals surface area contributed by atoms with Gasteiger partial charge in [0.05, 0.1) is 11.6 Å². The summed E-state index contributed by atoms with van der Waals surface area (Å²) in [6.45, 7) is 2.38. The number of nitrogens with zero attached hydrogens (tertiary/aromatic N) is 1. The van der Waals surface area contributed by atoms with Gasteiger partial charge in [-0.2, -0.15) is 0 Å². The fourth-order valence-corrected chi connectivity index (χ4v) is 1.84. The number of carbonyl (C=O) groups is 1. The van der Waals surface area contributed by atoms with Crippen molar-refractivity contribution in [3.63, 3.8) is 0 Å². The van der Waals surface area contributed by atoms with Gasteiger partial charge in [0, 0.05) is 6.54 Å². The Labute approximate surface area is 98.2 Å². The number of rotatable bonds is 1. The Balaban J connectivity index is 2.34. The highest BCUT2D eigenvalue weighted by Gasteiger charge is 2.29. The third-order valence-corrected chi connectivity index (χ3v) is 2.82. The van der Waals surface area contributed by atoms with E-state index in [1.165, 1.54) is 17.0 Å². The van der Waals surface area contributed by atoms with Gasteiger partial charge in [0.15, 0.2) is 5.11 Å². The zero-order chi connectivity index (χ0) is 11.7. The van der Waals surface area contributed by atoms with E-state index < -0.39 is 0 Å². The maximum atomic E-state index is 12.8. The molecule has 1 aliphatic rings. The Kier molecular flexibility index (Phi) is 2.87. The first-order valence-corrected chi connectivity index (χ1v) is 5.38. The Morgan fingerprint density at radius 2 is 2.06 bits per heavy atom. The average molecular weight is 238 g/mol. The highest BCUT2D eigenvalue weighted by Crippen LogP contribution is 2.20. The molecule has 1 saturated heterocycles. The summed E-state index contributed by atoms with van der Waals surface area (Å²) < 4.78 is 12.8. The Hall–Kier alpha value is -1.49. The van der Waals surface area contributed by atoms with Crippen molar-refractivity contribution in [3.8, 4) is 0 Å². The maximum Gasteiger partial charge on any atom is 0.237 e. The molecule has 1 fully saturated rings. The highest BCUT2D eigenvalue weighted by atomic mass is 32.1. The Bertz CT molecular complexity index is 432. The molecule has 0 radical (unpaired) electrons. The minimum Gasteiger partial charge on any atom is -0.361 e. The topological polar surface area (TPSA) is 32.3 Å². The van der Waals surface area contributed by atoms with Crippen LogP contribution in [0.1, 0.15) is 6.92 Å². The summed E-state index contributed by atoms with van der Waals surface area (Å²) in [6.07, 6.45) is 0. The van der Waals surface area contributed by atoms with Crippen LogP contribution in [-0.2, 0) is 4.79 Å². The van der Waals surface area contributed by atoms with Crippen molar-refractivity contribution >= 4 is 28.9 Å². The molecule has 0 bridgehead atoms. The molecule has 0 saturated carbocycles. The molecule has 1 amide bonds. The second-order valence-corrected chi connectivity index (χ2v) is 4.12. The molecule has 84 valence electrons. The van der Waals surface area contributed by atoms with Crippen LogP contribution in [0.3, 0.4) is 0 Å². The molecule has 5 heteroatoms. The fraction of sp³-hybridized carbons (Fsp3) is 0.273. The molecule has 1 heterocycles. The molecule has 0 spiro atoms. The summed E-state index contributed by atoms with van der Waals surface area (Å²) in [5.74, 6) is -0.521. The lowest BCUT2D eigenvalue weighted by Crippen LogP contribution is -2.54. The van der Waals surface area contributed by atoms with Gasteiger partial charge in [0.1, 0.15) is 5.82 Å². The van der Waals surface area contributed by atoms with Crippen LogP contribution < -0.4 is 10.2 Å². The molecular formula is C11H11FN2OS. The largest absolute Gasteiger partial charge is 0.361 e. The predicted molar refractivity (Wildman–Crippen MR) is 63.7 cm³/mol. The number of hydrogen-bond acceptors (Lipinski definition) is 2. The molecule has 1 aliphatic heterocycles. The number of carbonyl (C=O) groups excluding carboxylic acids is 1. The predicted octanol–water partition coefficient (Wildman–Crippen LogP) is 1.68. The smallest absolute Gasteiger partial charge is 0.237 e. The summed E-state index contributed by atoms with van der Waals surface area (Å²) in [5, 5.41) is 3.34. The van der Waals surface area contributed by atoms with Crippen molar-refractivity contribution in [2.75, 3.05) is 11.4 Å². The van der Waals surface area contributed by atoms with E-state index in [4.69, 9.17) is 12.2 Å². The van der Waals surface area contributed by atoms with Crippen LogP contribution in [0.4, 0.5) is 10.1 Å². The summed E-state index contributed by atoms with van der Waals surface area (Å²) >= 11 is 5.07. The molecule has 0 aromatic heterocycles. The zero-order valence-corrected chi connectivity index (χ0v) is 9.55. The lowest BCUT2D eigenvalue weighted by atomic mass is 10.1. The van der Waals surface area contributed by atoms with E-state index in [9.17, 15) is 9.18 Å². The van der Waals surface area contributed by atoms with Gasteiger partial charge < -0.3 is 5.32 Å². The van der Waals surface area contributed by atoms with E-state index in [1.54, 1.807) is 12.1 Å². The second-order valence-electron chi connectivity index (χ2n) is 3.74. The van der Waals surface area contributed by atoms with E-state index in [-0.39, 0.29) is 17.6 Å². The van der Waals surface area contributed by atoms with Gasteiger partial charge in [0.2, 0.25) is 5.91 Å². The summed E-state index contributed by atoms with van der Waals surface area (Å²) in [6, 6.07) is 5.70. The summed E-state index contributed by atoms with van der Waals surface area (Å²) in [4.78, 5) is 13.3. The minimum absolute atomic E-state index is 0.0599. The highest BCUT2D eigenvalue weighted by molar-refractivity contribution is 7.80. The van der Waals surface area contributed by atoms with Crippen LogP contribution >= 0.6 is 12.2 Å². The molecular weight excluding hydrogens is 227 g/mol. The maximum absolute atomic E-state index is 12.8. The first kappa shape index (κ1) is 11.0. The first-order valence-electron chi connectivity index (χ1n) is 4.97. The van der Waals surface area contributed by atoms with Crippen molar-refractivity contribution < 1.29 is 9.18 Å². The molecule has 0 aliphatic carbocycles. The number of halogens is 1. The van der Waals surface area contributed by atoms with Gasteiger partial charge >= 0.3 is 0 Å². The van der Waals surface area contributed by atoms with Crippen LogP contribution in [0.25, 0.3) is 0 Å². The number of anilines is 1.